The molecule has 4 rings (SSSR count). The lowest BCUT2D eigenvalue weighted by Crippen LogP contribution is -2.31. The van der Waals surface area contributed by atoms with E-state index in [1.54, 1.807) is 11.6 Å². The van der Waals surface area contributed by atoms with E-state index < -0.39 is 45.0 Å². The first-order valence-corrected chi connectivity index (χ1v) is 13.1. The summed E-state index contributed by atoms with van der Waals surface area (Å²) in [4.78, 5) is 33.9. The number of fused-ring (bicyclic) bond motifs is 1. The average molecular weight is 566 g/mol. The van der Waals surface area contributed by atoms with Crippen molar-refractivity contribution in [3.63, 3.8) is 0 Å². The maximum Gasteiger partial charge on any atom is 0.285 e. The Hall–Kier alpha value is -3.97. The first-order valence-electron chi connectivity index (χ1n) is 10.9. The fraction of sp³-hybridized carbons (Fsp3) is 0.167. The van der Waals surface area contributed by atoms with Gasteiger partial charge in [-0.25, -0.2) is 36.3 Å². The molecule has 1 amide bonds. The minimum absolute atomic E-state index is 0.00257. The molecular weight excluding hydrogens is 547 g/mol. The van der Waals surface area contributed by atoms with E-state index in [-0.39, 0.29) is 44.4 Å². The minimum atomic E-state index is -3.93. The Bertz CT molecular complexity index is 1780. The fourth-order valence-electron chi connectivity index (χ4n) is 3.87. The highest BCUT2D eigenvalue weighted by molar-refractivity contribution is 7.89. The lowest BCUT2D eigenvalue weighted by atomic mass is 10.0. The Labute approximate surface area is 219 Å². The molecule has 0 aliphatic carbocycles. The van der Waals surface area contributed by atoms with Gasteiger partial charge in [-0.2, -0.15) is 0 Å². The fourth-order valence-corrected chi connectivity index (χ4v) is 4.45. The van der Waals surface area contributed by atoms with Gasteiger partial charge < -0.3 is 5.32 Å². The van der Waals surface area contributed by atoms with Crippen LogP contribution in [0.1, 0.15) is 29.0 Å². The Morgan fingerprint density at radius 3 is 2.50 bits per heavy atom. The molecule has 0 bridgehead atoms. The molecule has 9 nitrogen and oxygen atoms in total. The predicted octanol–water partition coefficient (Wildman–Crippen LogP) is 3.93. The van der Waals surface area contributed by atoms with E-state index in [2.05, 4.69) is 15.3 Å². The van der Waals surface area contributed by atoms with Crippen molar-refractivity contribution in [2.45, 2.75) is 13.0 Å². The molecule has 198 valence electrons. The van der Waals surface area contributed by atoms with Crippen LogP contribution in [-0.2, 0) is 17.1 Å². The number of amides is 1. The SMILES string of the molecule is C[C@@H](Nc1ccc(Cl)nc1C(=O)NS(C)(=O)=O)c1cc(F)cc2c(=O)n(C)c(-c3cccc(F)c3F)nc12. The predicted molar refractivity (Wildman–Crippen MR) is 136 cm³/mol. The molecule has 2 aromatic carbocycles. The lowest BCUT2D eigenvalue weighted by molar-refractivity contribution is 0.0977. The van der Waals surface area contributed by atoms with Crippen molar-refractivity contribution in [2.75, 3.05) is 11.6 Å². The molecule has 0 unspecified atom stereocenters. The van der Waals surface area contributed by atoms with Gasteiger partial charge >= 0.3 is 0 Å². The zero-order valence-electron chi connectivity index (χ0n) is 20.0. The number of hydrogen-bond acceptors (Lipinski definition) is 7. The van der Waals surface area contributed by atoms with Gasteiger partial charge in [0.05, 0.1) is 34.5 Å². The molecule has 0 aliphatic heterocycles. The molecule has 0 saturated heterocycles. The van der Waals surface area contributed by atoms with Crippen LogP contribution in [-0.4, -0.2) is 35.1 Å². The van der Waals surface area contributed by atoms with Crippen LogP contribution in [0, 0.1) is 17.5 Å². The summed E-state index contributed by atoms with van der Waals surface area (Å²) >= 11 is 5.89. The Balaban J connectivity index is 1.87. The summed E-state index contributed by atoms with van der Waals surface area (Å²) in [7, 11) is -2.63. The highest BCUT2D eigenvalue weighted by Gasteiger charge is 2.23. The summed E-state index contributed by atoms with van der Waals surface area (Å²) in [6.07, 6.45) is 0.787. The molecule has 1 atom stereocenters. The maximum absolute atomic E-state index is 14.6. The summed E-state index contributed by atoms with van der Waals surface area (Å²) in [5.74, 6) is -4.38. The number of hydrogen-bond donors (Lipinski definition) is 2. The van der Waals surface area contributed by atoms with Crippen molar-refractivity contribution >= 4 is 44.1 Å². The van der Waals surface area contributed by atoms with E-state index in [1.807, 2.05) is 0 Å². The molecule has 38 heavy (non-hydrogen) atoms. The average Bonchev–Trinajstić information content (AvgIpc) is 2.83. The van der Waals surface area contributed by atoms with Gasteiger partial charge in [0.25, 0.3) is 11.5 Å². The molecule has 14 heteroatoms. The van der Waals surface area contributed by atoms with E-state index in [0.717, 1.165) is 29.0 Å². The van der Waals surface area contributed by atoms with Gasteiger partial charge in [0.15, 0.2) is 17.3 Å². The number of nitrogens with zero attached hydrogens (tertiary/aromatic N) is 3. The third-order valence-electron chi connectivity index (χ3n) is 5.56. The van der Waals surface area contributed by atoms with Crippen LogP contribution in [0.25, 0.3) is 22.3 Å². The second-order valence-corrected chi connectivity index (χ2v) is 10.5. The van der Waals surface area contributed by atoms with Crippen molar-refractivity contribution < 1.29 is 26.4 Å². The first kappa shape index (κ1) is 27.1. The van der Waals surface area contributed by atoms with Crippen LogP contribution in [0.5, 0.6) is 0 Å². The molecule has 0 spiro atoms. The van der Waals surface area contributed by atoms with Crippen LogP contribution in [0.4, 0.5) is 18.9 Å². The molecule has 2 heterocycles. The maximum atomic E-state index is 14.6. The number of carbonyl (C=O) groups is 1. The summed E-state index contributed by atoms with van der Waals surface area (Å²) in [5.41, 5.74) is -1.16. The molecule has 0 radical (unpaired) electrons. The molecule has 4 aromatic rings. The standard InChI is InChI=1S/C24H19ClF3N5O4S/c1-11(29-17-7-8-18(25)30-21(17)23(34)32-38(3,36)37)14-9-12(26)10-15-20(14)31-22(33(2)24(15)35)13-5-4-6-16(27)19(13)28/h4-11,29H,1-3H3,(H,32,34)/t11-/m1/s1. The van der Waals surface area contributed by atoms with Crippen LogP contribution in [0.15, 0.2) is 47.3 Å². The van der Waals surface area contributed by atoms with Gasteiger partial charge in [-0.3, -0.25) is 14.2 Å². The van der Waals surface area contributed by atoms with Crippen molar-refractivity contribution in [2.24, 2.45) is 7.05 Å². The minimum Gasteiger partial charge on any atom is -0.377 e. The van der Waals surface area contributed by atoms with Crippen molar-refractivity contribution in [1.82, 2.24) is 19.3 Å². The van der Waals surface area contributed by atoms with E-state index in [4.69, 9.17) is 11.6 Å². The summed E-state index contributed by atoms with van der Waals surface area (Å²) in [5, 5.41) is 2.71. The van der Waals surface area contributed by atoms with Crippen molar-refractivity contribution in [3.05, 3.63) is 86.7 Å². The van der Waals surface area contributed by atoms with Crippen LogP contribution >= 0.6 is 11.6 Å². The zero-order valence-corrected chi connectivity index (χ0v) is 21.6. The monoisotopic (exact) mass is 565 g/mol. The summed E-state index contributed by atoms with van der Waals surface area (Å²) < 4.78 is 69.0. The number of halogens is 4. The van der Waals surface area contributed by atoms with E-state index >= 15 is 0 Å². The first-order chi connectivity index (χ1) is 17.8. The number of rotatable bonds is 6. The largest absolute Gasteiger partial charge is 0.377 e. The van der Waals surface area contributed by atoms with E-state index in [1.165, 1.54) is 31.3 Å². The summed E-state index contributed by atoms with van der Waals surface area (Å²) in [6.45, 7) is 1.56. The second-order valence-electron chi connectivity index (χ2n) is 8.39. The Kier molecular flexibility index (Phi) is 7.17. The number of pyridine rings is 1. The Morgan fingerprint density at radius 1 is 1.11 bits per heavy atom. The Morgan fingerprint density at radius 2 is 1.82 bits per heavy atom. The third-order valence-corrected chi connectivity index (χ3v) is 6.33. The molecule has 0 fully saturated rings. The molecule has 2 aromatic heterocycles. The molecule has 0 aliphatic rings. The van der Waals surface area contributed by atoms with Gasteiger partial charge in [-0.05, 0) is 43.3 Å². The number of aromatic nitrogens is 3. The number of nitrogens with one attached hydrogen (secondary N) is 2. The normalized spacial score (nSPS) is 12.4. The number of carbonyl (C=O) groups excluding carboxylic acids is 1. The van der Waals surface area contributed by atoms with Crippen molar-refractivity contribution in [3.8, 4) is 11.4 Å². The van der Waals surface area contributed by atoms with Crippen molar-refractivity contribution in [1.29, 1.82) is 0 Å². The molecule has 2 N–H and O–H groups in total. The van der Waals surface area contributed by atoms with Crippen LogP contribution in [0.2, 0.25) is 5.15 Å². The topological polar surface area (TPSA) is 123 Å². The molecule has 0 saturated carbocycles. The molecular formula is C24H19ClF3N5O4S. The number of benzene rings is 2. The zero-order chi connectivity index (χ0) is 27.9. The highest BCUT2D eigenvalue weighted by atomic mass is 35.5. The van der Waals surface area contributed by atoms with Gasteiger partial charge in [0, 0.05) is 12.6 Å². The smallest absolute Gasteiger partial charge is 0.285 e. The van der Waals surface area contributed by atoms with Gasteiger partial charge in [0.1, 0.15) is 16.8 Å². The summed E-state index contributed by atoms with van der Waals surface area (Å²) in [6, 6.07) is 7.35. The lowest BCUT2D eigenvalue weighted by Gasteiger charge is -2.20. The second kappa shape index (κ2) is 10.1. The van der Waals surface area contributed by atoms with Crippen LogP contribution < -0.4 is 15.6 Å². The van der Waals surface area contributed by atoms with E-state index in [0.29, 0.717) is 0 Å². The van der Waals surface area contributed by atoms with Gasteiger partial charge in [-0.15, -0.1) is 0 Å². The quantitative estimate of drug-likeness (QED) is 0.340. The highest BCUT2D eigenvalue weighted by Crippen LogP contribution is 2.30. The van der Waals surface area contributed by atoms with Gasteiger partial charge in [-0.1, -0.05) is 17.7 Å². The van der Waals surface area contributed by atoms with Crippen LogP contribution in [0.3, 0.4) is 0 Å². The number of sulfonamides is 1. The van der Waals surface area contributed by atoms with E-state index in [9.17, 15) is 31.2 Å². The third kappa shape index (κ3) is 5.34. The number of anilines is 1. The van der Waals surface area contributed by atoms with Gasteiger partial charge in [0.2, 0.25) is 10.0 Å².